The quantitative estimate of drug-likeness (QED) is 0.860. The molecule has 0 bridgehead atoms. The van der Waals surface area contributed by atoms with Gasteiger partial charge in [0.1, 0.15) is 0 Å². The average Bonchev–Trinajstić information content (AvgIpc) is 3.27. The van der Waals surface area contributed by atoms with Crippen LogP contribution in [0.5, 0.6) is 0 Å². The molecule has 108 valence electrons. The van der Waals surface area contributed by atoms with E-state index in [2.05, 4.69) is 5.32 Å². The molecule has 0 radical (unpaired) electrons. The van der Waals surface area contributed by atoms with Crippen LogP contribution in [0.4, 0.5) is 0 Å². The predicted octanol–water partition coefficient (Wildman–Crippen LogP) is 1.79. The lowest BCUT2D eigenvalue weighted by Crippen LogP contribution is -2.31. The lowest BCUT2D eigenvalue weighted by atomic mass is 9.97. The zero-order valence-corrected chi connectivity index (χ0v) is 11.7. The molecule has 1 saturated heterocycles. The van der Waals surface area contributed by atoms with Crippen LogP contribution in [0.3, 0.4) is 0 Å². The van der Waals surface area contributed by atoms with E-state index in [4.69, 9.17) is 10.5 Å². The smallest absolute Gasteiger partial charge is 0.249 e. The van der Waals surface area contributed by atoms with E-state index in [1.165, 1.54) is 12.8 Å². The molecule has 1 heterocycles. The molecule has 4 nitrogen and oxygen atoms in total. The fourth-order valence-electron chi connectivity index (χ4n) is 3.03. The zero-order chi connectivity index (χ0) is 14.0. The van der Waals surface area contributed by atoms with Gasteiger partial charge in [-0.25, -0.2) is 0 Å². The number of hydrogen-bond donors (Lipinski definition) is 2. The van der Waals surface area contributed by atoms with Gasteiger partial charge >= 0.3 is 0 Å². The zero-order valence-electron chi connectivity index (χ0n) is 11.7. The number of carbonyl (C=O) groups excluding carboxylic acids is 1. The van der Waals surface area contributed by atoms with Crippen molar-refractivity contribution in [3.8, 4) is 0 Å². The third-order valence-electron chi connectivity index (χ3n) is 4.44. The predicted molar refractivity (Wildman–Crippen MR) is 77.4 cm³/mol. The second-order valence-corrected chi connectivity index (χ2v) is 5.91. The first-order valence-electron chi connectivity index (χ1n) is 7.45. The van der Waals surface area contributed by atoms with E-state index in [1.807, 2.05) is 18.2 Å². The molecule has 0 unspecified atom stereocenters. The monoisotopic (exact) mass is 274 g/mol. The summed E-state index contributed by atoms with van der Waals surface area (Å²) in [5, 5.41) is 3.37. The summed E-state index contributed by atoms with van der Waals surface area (Å²) >= 11 is 0. The van der Waals surface area contributed by atoms with Crippen LogP contribution in [-0.4, -0.2) is 25.6 Å². The summed E-state index contributed by atoms with van der Waals surface area (Å²) in [6, 6.07) is 7.59. The van der Waals surface area contributed by atoms with E-state index in [-0.39, 0.29) is 11.5 Å². The minimum atomic E-state index is -0.364. The molecular weight excluding hydrogens is 252 g/mol. The van der Waals surface area contributed by atoms with Crippen LogP contribution in [0.25, 0.3) is 0 Å². The van der Waals surface area contributed by atoms with E-state index in [1.54, 1.807) is 6.07 Å². The molecule has 0 aromatic heterocycles. The fraction of sp³-hybridized carbons (Fsp3) is 0.562. The van der Waals surface area contributed by atoms with Crippen molar-refractivity contribution in [2.75, 3.05) is 19.7 Å². The van der Waals surface area contributed by atoms with Crippen LogP contribution in [0.2, 0.25) is 0 Å². The van der Waals surface area contributed by atoms with E-state index in [0.717, 1.165) is 38.1 Å². The van der Waals surface area contributed by atoms with Gasteiger partial charge in [-0.2, -0.15) is 0 Å². The van der Waals surface area contributed by atoms with Crippen molar-refractivity contribution in [1.29, 1.82) is 0 Å². The van der Waals surface area contributed by atoms with Crippen LogP contribution in [0.15, 0.2) is 24.3 Å². The van der Waals surface area contributed by atoms with E-state index in [0.29, 0.717) is 11.5 Å². The summed E-state index contributed by atoms with van der Waals surface area (Å²) in [5.74, 6) is 0.270. The van der Waals surface area contributed by atoms with Gasteiger partial charge in [0.2, 0.25) is 5.91 Å². The number of amides is 1. The molecule has 1 amide bonds. The van der Waals surface area contributed by atoms with Gasteiger partial charge in [0.15, 0.2) is 0 Å². The Hall–Kier alpha value is -1.39. The Morgan fingerprint density at radius 1 is 1.30 bits per heavy atom. The number of rotatable bonds is 5. The molecule has 3 rings (SSSR count). The standard InChI is InChI=1S/C16H22N2O2/c17-15(19)13-3-1-2-4-14(13)16(7-8-16)20-11-12-5-9-18-10-6-12/h1-4,12,18H,5-11H2,(H2,17,19). The Labute approximate surface area is 119 Å². The second kappa shape index (κ2) is 5.54. The minimum Gasteiger partial charge on any atom is -0.370 e. The van der Waals surface area contributed by atoms with Gasteiger partial charge in [-0.05, 0) is 56.3 Å². The summed E-state index contributed by atoms with van der Waals surface area (Å²) in [6.45, 7) is 2.95. The number of piperidine rings is 1. The fourth-order valence-corrected chi connectivity index (χ4v) is 3.03. The van der Waals surface area contributed by atoms with Crippen molar-refractivity contribution in [2.45, 2.75) is 31.3 Å². The van der Waals surface area contributed by atoms with Gasteiger partial charge in [-0.15, -0.1) is 0 Å². The maximum absolute atomic E-state index is 11.6. The number of primary amides is 1. The van der Waals surface area contributed by atoms with Crippen molar-refractivity contribution < 1.29 is 9.53 Å². The summed E-state index contributed by atoms with van der Waals surface area (Å²) in [5.41, 5.74) is 6.80. The largest absolute Gasteiger partial charge is 0.370 e. The van der Waals surface area contributed by atoms with Crippen LogP contribution in [-0.2, 0) is 10.3 Å². The first kappa shape index (κ1) is 13.6. The Bertz CT molecular complexity index is 491. The van der Waals surface area contributed by atoms with Crippen molar-refractivity contribution in [3.63, 3.8) is 0 Å². The Balaban J connectivity index is 1.71. The summed E-state index contributed by atoms with van der Waals surface area (Å²) < 4.78 is 6.22. The maximum Gasteiger partial charge on any atom is 0.249 e. The highest BCUT2D eigenvalue weighted by Gasteiger charge is 2.47. The average molecular weight is 274 g/mol. The van der Waals surface area contributed by atoms with E-state index in [9.17, 15) is 4.79 Å². The second-order valence-electron chi connectivity index (χ2n) is 5.91. The number of nitrogens with one attached hydrogen (secondary N) is 1. The summed E-state index contributed by atoms with van der Waals surface area (Å²) in [7, 11) is 0. The third-order valence-corrected chi connectivity index (χ3v) is 4.44. The molecule has 1 aromatic carbocycles. The van der Waals surface area contributed by atoms with Gasteiger partial charge < -0.3 is 15.8 Å². The molecule has 1 aromatic rings. The van der Waals surface area contributed by atoms with Crippen molar-refractivity contribution in [2.24, 2.45) is 11.7 Å². The summed E-state index contributed by atoms with van der Waals surface area (Å²) in [4.78, 5) is 11.6. The van der Waals surface area contributed by atoms with Gasteiger partial charge in [0.25, 0.3) is 0 Å². The van der Waals surface area contributed by atoms with Gasteiger partial charge in [0, 0.05) is 5.56 Å². The van der Waals surface area contributed by atoms with Crippen LogP contribution in [0.1, 0.15) is 41.6 Å². The van der Waals surface area contributed by atoms with Crippen molar-refractivity contribution in [3.05, 3.63) is 35.4 Å². The molecule has 1 aliphatic heterocycles. The molecule has 2 fully saturated rings. The lowest BCUT2D eigenvalue weighted by Gasteiger charge is -2.26. The first-order chi connectivity index (χ1) is 9.71. The minimum absolute atomic E-state index is 0.253. The van der Waals surface area contributed by atoms with Crippen LogP contribution in [0, 0.1) is 5.92 Å². The van der Waals surface area contributed by atoms with Gasteiger partial charge in [0.05, 0.1) is 12.2 Å². The highest BCUT2D eigenvalue weighted by Crippen LogP contribution is 2.50. The van der Waals surface area contributed by atoms with Gasteiger partial charge in [-0.3, -0.25) is 4.79 Å². The lowest BCUT2D eigenvalue weighted by molar-refractivity contribution is 0.000940. The molecule has 20 heavy (non-hydrogen) atoms. The highest BCUT2D eigenvalue weighted by atomic mass is 16.5. The maximum atomic E-state index is 11.6. The summed E-state index contributed by atoms with van der Waals surface area (Å²) in [6.07, 6.45) is 4.33. The molecule has 0 spiro atoms. The molecule has 4 heteroatoms. The number of nitrogens with two attached hydrogens (primary N) is 1. The topological polar surface area (TPSA) is 64.4 Å². The highest BCUT2D eigenvalue weighted by molar-refractivity contribution is 5.94. The molecule has 3 N–H and O–H groups in total. The van der Waals surface area contributed by atoms with Crippen LogP contribution < -0.4 is 11.1 Å². The molecule has 0 atom stereocenters. The van der Waals surface area contributed by atoms with Crippen LogP contribution >= 0.6 is 0 Å². The number of benzene rings is 1. The Morgan fingerprint density at radius 2 is 2.00 bits per heavy atom. The molecule has 1 aliphatic carbocycles. The molecule has 2 aliphatic rings. The van der Waals surface area contributed by atoms with E-state index < -0.39 is 0 Å². The SMILES string of the molecule is NC(=O)c1ccccc1C1(OCC2CCNCC2)CC1. The number of carbonyl (C=O) groups is 1. The molecule has 1 saturated carbocycles. The number of ether oxygens (including phenoxy) is 1. The Kier molecular flexibility index (Phi) is 3.76. The molecular formula is C16H22N2O2. The Morgan fingerprint density at radius 3 is 2.65 bits per heavy atom. The first-order valence-corrected chi connectivity index (χ1v) is 7.45. The third kappa shape index (κ3) is 2.72. The normalized spacial score (nSPS) is 21.6. The van der Waals surface area contributed by atoms with Gasteiger partial charge in [-0.1, -0.05) is 18.2 Å². The van der Waals surface area contributed by atoms with E-state index >= 15 is 0 Å². The van der Waals surface area contributed by atoms with Crippen molar-refractivity contribution >= 4 is 5.91 Å². The van der Waals surface area contributed by atoms with Crippen molar-refractivity contribution in [1.82, 2.24) is 5.32 Å². The number of hydrogen-bond acceptors (Lipinski definition) is 3.